The van der Waals surface area contributed by atoms with Crippen LogP contribution in [0.1, 0.15) is 57.5 Å². The fraction of sp³-hybridized carbons (Fsp3) is 0.174. The van der Waals surface area contributed by atoms with E-state index in [1.54, 1.807) is 12.1 Å². The highest BCUT2D eigenvalue weighted by Crippen LogP contribution is 2.34. The number of hydrogen-bond acceptors (Lipinski definition) is 12. The van der Waals surface area contributed by atoms with Crippen LogP contribution in [0.4, 0.5) is 49.4 Å². The largest absolute Gasteiger partial charge is 0.417 e. The first-order chi connectivity index (χ1) is 35.7. The second kappa shape index (κ2) is 26.8. The molecule has 0 spiro atoms. The zero-order valence-corrected chi connectivity index (χ0v) is 43.2. The van der Waals surface area contributed by atoms with Gasteiger partial charge in [0.05, 0.1) is 31.8 Å². The number of alkyl halides is 6. The third kappa shape index (κ3) is 18.5. The molecule has 0 saturated heterocycles. The molecule has 0 aliphatic heterocycles. The van der Waals surface area contributed by atoms with Crippen LogP contribution in [-0.4, -0.2) is 63.5 Å². The summed E-state index contributed by atoms with van der Waals surface area (Å²) in [5, 5.41) is 10.9. The summed E-state index contributed by atoms with van der Waals surface area (Å²) in [6.45, 7) is 0.255. The number of rotatable bonds is 20. The summed E-state index contributed by atoms with van der Waals surface area (Å²) >= 11 is 23.2. The third-order valence-corrected chi connectivity index (χ3v) is 13.4. The number of carbonyl (C=O) groups is 4. The monoisotopic (exact) mass is 1180 g/mol. The van der Waals surface area contributed by atoms with E-state index in [9.17, 15) is 62.4 Å². The second-order valence-corrected chi connectivity index (χ2v) is 20.4. The van der Waals surface area contributed by atoms with Crippen molar-refractivity contribution in [2.24, 2.45) is 0 Å². The number of nitrogens with zero attached hydrogens (tertiary/aromatic N) is 2. The summed E-state index contributed by atoms with van der Waals surface area (Å²) < 4.78 is 127. The molecule has 30 heteroatoms. The predicted octanol–water partition coefficient (Wildman–Crippen LogP) is 9.72. The molecule has 0 aliphatic carbocycles. The van der Waals surface area contributed by atoms with E-state index >= 15 is 0 Å². The van der Waals surface area contributed by atoms with Crippen LogP contribution in [0.3, 0.4) is 0 Å². The van der Waals surface area contributed by atoms with Gasteiger partial charge in [0.25, 0.3) is 31.9 Å². The normalized spacial score (nSPS) is 11.6. The molecule has 0 bridgehead atoms. The lowest BCUT2D eigenvalue weighted by atomic mass is 10.2. The number of carbonyl (C=O) groups excluding carboxylic acids is 4. The van der Waals surface area contributed by atoms with E-state index in [1.165, 1.54) is 84.9 Å². The van der Waals surface area contributed by atoms with Crippen molar-refractivity contribution in [3.8, 4) is 0 Å². The van der Waals surface area contributed by atoms with Crippen LogP contribution in [0.15, 0.2) is 131 Å². The molecule has 2 aromatic heterocycles. The summed E-state index contributed by atoms with van der Waals surface area (Å²) in [5.41, 5.74) is 2.93. The molecule has 76 heavy (non-hydrogen) atoms. The van der Waals surface area contributed by atoms with Gasteiger partial charge in [-0.1, -0.05) is 64.6 Å². The second-order valence-electron chi connectivity index (χ2n) is 15.4. The van der Waals surface area contributed by atoms with Gasteiger partial charge < -0.3 is 21.3 Å². The number of para-hydroxylation sites is 1. The van der Waals surface area contributed by atoms with E-state index in [4.69, 9.17) is 46.4 Å². The topological polar surface area (TPSA) is 259 Å². The molecule has 8 N–H and O–H groups in total. The molecule has 404 valence electrons. The molecule has 0 unspecified atom stereocenters. The molecule has 6 aromatic rings. The van der Waals surface area contributed by atoms with Crippen LogP contribution < -0.4 is 41.8 Å². The summed E-state index contributed by atoms with van der Waals surface area (Å²) in [5.74, 6) is -2.34. The Kier molecular flexibility index (Phi) is 21.2. The number of hydrazine groups is 2. The lowest BCUT2D eigenvalue weighted by molar-refractivity contribution is -0.138. The van der Waals surface area contributed by atoms with E-state index in [1.807, 2.05) is 9.66 Å². The van der Waals surface area contributed by atoms with Gasteiger partial charge in [-0.3, -0.25) is 30.0 Å². The van der Waals surface area contributed by atoms with Crippen LogP contribution in [0.5, 0.6) is 0 Å². The Morgan fingerprint density at radius 1 is 0.526 bits per heavy atom. The van der Waals surface area contributed by atoms with E-state index in [-0.39, 0.29) is 87.2 Å². The SMILES string of the molecule is O=C(CCCNc1ncc(C(F)(F)F)cc1Cl)NNS(=O)(=O)c1cccc(NC(=O)c2ccc(Cl)cc2)c1.O=C(CCCNc1ncc(C(F)(F)F)cc1Cl)NNS(=O)(=O)c1ccccc1NC(=O)c1ccc(Cl)cc1. The lowest BCUT2D eigenvalue weighted by Gasteiger charge is -2.13. The molecule has 0 radical (unpaired) electrons. The summed E-state index contributed by atoms with van der Waals surface area (Å²) in [6, 6.07) is 24.6. The lowest BCUT2D eigenvalue weighted by Crippen LogP contribution is -2.41. The molecule has 0 fully saturated rings. The number of hydrogen-bond donors (Lipinski definition) is 8. The van der Waals surface area contributed by atoms with Gasteiger partial charge in [-0.15, -0.1) is 9.66 Å². The fourth-order valence-electron chi connectivity index (χ4n) is 5.99. The fourth-order valence-corrected chi connectivity index (χ4v) is 8.64. The van der Waals surface area contributed by atoms with Crippen molar-refractivity contribution >= 4 is 113 Å². The number of sulfonamides is 2. The summed E-state index contributed by atoms with van der Waals surface area (Å²) in [4.78, 5) is 59.7. The van der Waals surface area contributed by atoms with Crippen LogP contribution >= 0.6 is 46.4 Å². The number of benzene rings is 4. The maximum absolute atomic E-state index is 12.8. The van der Waals surface area contributed by atoms with Gasteiger partial charge >= 0.3 is 12.4 Å². The molecule has 0 saturated carbocycles. The van der Waals surface area contributed by atoms with Gasteiger partial charge in [0.15, 0.2) is 0 Å². The van der Waals surface area contributed by atoms with Crippen molar-refractivity contribution < 1.29 is 62.4 Å². The molecule has 4 aromatic carbocycles. The van der Waals surface area contributed by atoms with Crippen molar-refractivity contribution in [1.82, 2.24) is 30.5 Å². The van der Waals surface area contributed by atoms with E-state index in [0.717, 1.165) is 12.1 Å². The molecule has 6 rings (SSSR count). The predicted molar refractivity (Wildman–Crippen MR) is 273 cm³/mol. The van der Waals surface area contributed by atoms with Crippen molar-refractivity contribution in [1.29, 1.82) is 0 Å². The zero-order valence-electron chi connectivity index (χ0n) is 38.5. The maximum atomic E-state index is 12.8. The minimum absolute atomic E-state index is 0.0121. The first-order valence-electron chi connectivity index (χ1n) is 21.6. The number of pyridine rings is 2. The van der Waals surface area contributed by atoms with Crippen molar-refractivity contribution in [3.63, 3.8) is 0 Å². The maximum Gasteiger partial charge on any atom is 0.417 e. The Hall–Kier alpha value is -6.78. The Bertz CT molecular complexity index is 3280. The van der Waals surface area contributed by atoms with Crippen LogP contribution in [-0.2, 0) is 42.0 Å². The Morgan fingerprint density at radius 2 is 0.974 bits per heavy atom. The van der Waals surface area contributed by atoms with Gasteiger partial charge in [-0.05, 0) is 104 Å². The first-order valence-corrected chi connectivity index (χ1v) is 26.1. The van der Waals surface area contributed by atoms with Crippen LogP contribution in [0, 0.1) is 0 Å². The number of aromatic nitrogens is 2. The van der Waals surface area contributed by atoms with Crippen molar-refractivity contribution in [2.45, 2.75) is 47.8 Å². The minimum atomic E-state index is -4.58. The number of nitrogens with one attached hydrogen (secondary N) is 8. The number of halogens is 10. The molecule has 0 aliphatic rings. The standard InChI is InChI=1S/2C23H20Cl2F3N5O4S/c24-16-8-6-14(7-9-16)22(35)31-17-3-1-4-18(12-17)38(36,37)33-32-20(34)5-2-10-29-21-19(25)11-15(13-30-21)23(26,27)28;24-16-9-7-14(8-10-16)22(35)31-18-4-1-2-5-19(18)38(36,37)33-32-20(34)6-3-11-29-21-17(25)12-15(13-30-21)23(26,27)28/h1,3-4,6-9,11-13,33H,2,5,10H2,(H,29,30)(H,31,35)(H,32,34);1-2,4-5,7-10,12-13,33H,3,6,11H2,(H,29,30)(H,31,35)(H,32,34). The van der Waals surface area contributed by atoms with Crippen LogP contribution in [0.2, 0.25) is 20.1 Å². The summed E-state index contributed by atoms with van der Waals surface area (Å²) in [7, 11) is -8.43. The number of anilines is 4. The average molecular weight is 1180 g/mol. The summed E-state index contributed by atoms with van der Waals surface area (Å²) in [6.07, 6.45) is -7.78. The third-order valence-electron chi connectivity index (χ3n) is 9.77. The van der Waals surface area contributed by atoms with Crippen molar-refractivity contribution in [3.05, 3.63) is 164 Å². The zero-order chi connectivity index (χ0) is 55.8. The van der Waals surface area contributed by atoms with Gasteiger partial charge in [-0.2, -0.15) is 26.3 Å². The van der Waals surface area contributed by atoms with E-state index in [2.05, 4.69) is 42.1 Å². The Balaban J connectivity index is 0.000000281. The molecule has 4 amide bonds. The van der Waals surface area contributed by atoms with Gasteiger partial charge in [0.2, 0.25) is 11.8 Å². The molecule has 0 atom stereocenters. The Morgan fingerprint density at radius 3 is 1.43 bits per heavy atom. The molecular weight excluding hydrogens is 1140 g/mol. The quantitative estimate of drug-likeness (QED) is 0.0202. The number of amides is 4. The van der Waals surface area contributed by atoms with E-state index in [0.29, 0.717) is 28.0 Å². The van der Waals surface area contributed by atoms with E-state index < -0.39 is 67.2 Å². The van der Waals surface area contributed by atoms with Gasteiger partial charge in [-0.25, -0.2) is 26.8 Å². The highest BCUT2D eigenvalue weighted by molar-refractivity contribution is 7.89. The first kappa shape index (κ1) is 60.1. The highest BCUT2D eigenvalue weighted by Gasteiger charge is 2.32. The smallest absolute Gasteiger partial charge is 0.369 e. The average Bonchev–Trinajstić information content (AvgIpc) is 3.36. The van der Waals surface area contributed by atoms with Gasteiger partial charge in [0, 0.05) is 65.2 Å². The highest BCUT2D eigenvalue weighted by atomic mass is 35.5. The van der Waals surface area contributed by atoms with Crippen molar-refractivity contribution in [2.75, 3.05) is 34.4 Å². The molecular formula is C46H40Cl4F6N10O8S2. The minimum Gasteiger partial charge on any atom is -0.369 e. The molecule has 2 heterocycles. The van der Waals surface area contributed by atoms with Crippen LogP contribution in [0.25, 0.3) is 0 Å². The molecule has 18 nitrogen and oxygen atoms in total. The van der Waals surface area contributed by atoms with Gasteiger partial charge in [0.1, 0.15) is 16.5 Å². The Labute approximate surface area is 449 Å².